The molecule has 0 radical (unpaired) electrons. The van der Waals surface area contributed by atoms with Crippen LogP contribution in [-0.4, -0.2) is 24.0 Å². The highest BCUT2D eigenvalue weighted by atomic mass is 16.6. The monoisotopic (exact) mass is 353 g/mol. The van der Waals surface area contributed by atoms with Crippen LogP contribution >= 0.6 is 0 Å². The molecule has 0 aromatic heterocycles. The van der Waals surface area contributed by atoms with Gasteiger partial charge in [-0.25, -0.2) is 4.79 Å². The highest BCUT2D eigenvalue weighted by molar-refractivity contribution is 5.86. The summed E-state index contributed by atoms with van der Waals surface area (Å²) in [6.45, 7) is 3.59. The average molecular weight is 353 g/mol. The van der Waals surface area contributed by atoms with Gasteiger partial charge >= 0.3 is 5.97 Å². The molecule has 3 rings (SSSR count). The fourth-order valence-corrected chi connectivity index (χ4v) is 2.49. The third-order valence-corrected chi connectivity index (χ3v) is 4.16. The first-order chi connectivity index (χ1) is 12.5. The normalized spacial score (nSPS) is 15.6. The first kappa shape index (κ1) is 18.0. The maximum absolute atomic E-state index is 12.5. The second kappa shape index (κ2) is 8.04. The highest BCUT2D eigenvalue weighted by Gasteiger charge is 2.32. The number of rotatable bonds is 7. The lowest BCUT2D eigenvalue weighted by atomic mass is 10.1. The first-order valence-corrected chi connectivity index (χ1v) is 8.82. The summed E-state index contributed by atoms with van der Waals surface area (Å²) in [6.07, 6.45) is 0.133. The number of hydrogen-bond acceptors (Lipinski definition) is 4. The van der Waals surface area contributed by atoms with Crippen LogP contribution in [0.15, 0.2) is 54.6 Å². The first-order valence-electron chi connectivity index (χ1n) is 8.82. The van der Waals surface area contributed by atoms with Crippen LogP contribution in [0.1, 0.15) is 37.0 Å². The van der Waals surface area contributed by atoms with Gasteiger partial charge < -0.3 is 14.8 Å². The van der Waals surface area contributed by atoms with Gasteiger partial charge in [0.2, 0.25) is 6.10 Å². The number of carbonyl (C=O) groups excluding carboxylic acids is 2. The van der Waals surface area contributed by atoms with Crippen LogP contribution in [0, 0.1) is 6.92 Å². The molecule has 0 aliphatic heterocycles. The SMILES string of the molecule is Cc1ccc(OC(C)C(=O)OC(C(=O)NC2CC2)c2ccccc2)cc1. The second-order valence-electron chi connectivity index (χ2n) is 6.58. The van der Waals surface area contributed by atoms with Crippen LogP contribution in [0.4, 0.5) is 0 Å². The molecule has 2 unspecified atom stereocenters. The fraction of sp³-hybridized carbons (Fsp3) is 0.333. The Labute approximate surface area is 153 Å². The van der Waals surface area contributed by atoms with Crippen LogP contribution in [-0.2, 0) is 14.3 Å². The van der Waals surface area contributed by atoms with Gasteiger partial charge in [-0.05, 0) is 38.8 Å². The van der Waals surface area contributed by atoms with Crippen molar-refractivity contribution >= 4 is 11.9 Å². The van der Waals surface area contributed by atoms with Gasteiger partial charge in [-0.15, -0.1) is 0 Å². The number of ether oxygens (including phenoxy) is 2. The number of carbonyl (C=O) groups is 2. The van der Waals surface area contributed by atoms with Gasteiger partial charge in [0, 0.05) is 11.6 Å². The number of benzene rings is 2. The number of hydrogen-bond donors (Lipinski definition) is 1. The maximum atomic E-state index is 12.5. The Bertz CT molecular complexity index is 753. The van der Waals surface area contributed by atoms with Crippen LogP contribution < -0.4 is 10.1 Å². The molecule has 1 aliphatic rings. The van der Waals surface area contributed by atoms with E-state index in [-0.39, 0.29) is 11.9 Å². The van der Waals surface area contributed by atoms with Crippen molar-refractivity contribution in [3.63, 3.8) is 0 Å². The molecule has 2 atom stereocenters. The Hall–Kier alpha value is -2.82. The molecule has 1 fully saturated rings. The van der Waals surface area contributed by atoms with Crippen molar-refractivity contribution in [1.29, 1.82) is 0 Å². The predicted octanol–water partition coefficient (Wildman–Crippen LogP) is 3.33. The van der Waals surface area contributed by atoms with Gasteiger partial charge in [-0.3, -0.25) is 4.79 Å². The molecule has 0 saturated heterocycles. The summed E-state index contributed by atoms with van der Waals surface area (Å²) < 4.78 is 11.1. The molecule has 1 N–H and O–H groups in total. The predicted molar refractivity (Wildman–Crippen MR) is 97.7 cm³/mol. The van der Waals surface area contributed by atoms with Crippen molar-refractivity contribution in [1.82, 2.24) is 5.32 Å². The van der Waals surface area contributed by atoms with Crippen molar-refractivity contribution in [2.45, 2.75) is 44.9 Å². The molecule has 0 bridgehead atoms. The van der Waals surface area contributed by atoms with E-state index in [9.17, 15) is 9.59 Å². The van der Waals surface area contributed by atoms with E-state index in [0.29, 0.717) is 11.3 Å². The Morgan fingerprint density at radius 3 is 2.31 bits per heavy atom. The van der Waals surface area contributed by atoms with Crippen molar-refractivity contribution in [2.24, 2.45) is 0 Å². The largest absolute Gasteiger partial charge is 0.479 e. The molecule has 0 spiro atoms. The molecule has 2 aromatic rings. The van der Waals surface area contributed by atoms with Crippen LogP contribution in [0.25, 0.3) is 0 Å². The lowest BCUT2D eigenvalue weighted by Crippen LogP contribution is -2.36. The second-order valence-corrected chi connectivity index (χ2v) is 6.58. The van der Waals surface area contributed by atoms with Crippen molar-refractivity contribution < 1.29 is 19.1 Å². The van der Waals surface area contributed by atoms with Gasteiger partial charge in [0.05, 0.1) is 0 Å². The molecule has 5 nitrogen and oxygen atoms in total. The van der Waals surface area contributed by atoms with Crippen LogP contribution in [0.3, 0.4) is 0 Å². The van der Waals surface area contributed by atoms with Crippen molar-refractivity contribution in [2.75, 3.05) is 0 Å². The molecule has 26 heavy (non-hydrogen) atoms. The topological polar surface area (TPSA) is 64.6 Å². The third-order valence-electron chi connectivity index (χ3n) is 4.16. The summed E-state index contributed by atoms with van der Waals surface area (Å²) in [5, 5.41) is 2.90. The van der Waals surface area contributed by atoms with Gasteiger partial charge in [0.15, 0.2) is 6.10 Å². The summed E-state index contributed by atoms with van der Waals surface area (Å²) >= 11 is 0. The smallest absolute Gasteiger partial charge is 0.348 e. The molecule has 1 amide bonds. The fourth-order valence-electron chi connectivity index (χ4n) is 2.49. The van der Waals surface area contributed by atoms with E-state index in [2.05, 4.69) is 5.32 Å². The van der Waals surface area contributed by atoms with Gasteiger partial charge in [-0.1, -0.05) is 48.0 Å². The van der Waals surface area contributed by atoms with E-state index < -0.39 is 18.2 Å². The van der Waals surface area contributed by atoms with Gasteiger partial charge in [-0.2, -0.15) is 0 Å². The van der Waals surface area contributed by atoms with Crippen LogP contribution in [0.5, 0.6) is 5.75 Å². The zero-order chi connectivity index (χ0) is 18.5. The van der Waals surface area contributed by atoms with E-state index in [0.717, 1.165) is 18.4 Å². The van der Waals surface area contributed by atoms with E-state index in [1.807, 2.05) is 37.3 Å². The summed E-state index contributed by atoms with van der Waals surface area (Å²) in [6, 6.07) is 16.6. The highest BCUT2D eigenvalue weighted by Crippen LogP contribution is 2.24. The minimum Gasteiger partial charge on any atom is -0.479 e. The summed E-state index contributed by atoms with van der Waals surface area (Å²) in [5.74, 6) is -0.293. The quantitative estimate of drug-likeness (QED) is 0.776. The standard InChI is InChI=1S/C21H23NO4/c1-14-8-12-18(13-9-14)25-15(2)21(24)26-19(16-6-4-3-5-7-16)20(23)22-17-10-11-17/h3-9,12-13,15,17,19H,10-11H2,1-2H3,(H,22,23). The summed E-state index contributed by atoms with van der Waals surface area (Å²) in [7, 11) is 0. The number of nitrogens with one attached hydrogen (secondary N) is 1. The average Bonchev–Trinajstić information content (AvgIpc) is 3.46. The Morgan fingerprint density at radius 1 is 1.04 bits per heavy atom. The molecule has 2 aromatic carbocycles. The zero-order valence-electron chi connectivity index (χ0n) is 15.0. The Kier molecular flexibility index (Phi) is 5.56. The number of aryl methyl sites for hydroxylation is 1. The zero-order valence-corrected chi connectivity index (χ0v) is 15.0. The molecular formula is C21H23NO4. The molecule has 0 heterocycles. The molecule has 136 valence electrons. The van der Waals surface area contributed by atoms with Crippen molar-refractivity contribution in [3.8, 4) is 5.75 Å². The Morgan fingerprint density at radius 2 is 1.69 bits per heavy atom. The third kappa shape index (κ3) is 4.85. The van der Waals surface area contributed by atoms with Gasteiger partial charge in [0.1, 0.15) is 5.75 Å². The lowest BCUT2D eigenvalue weighted by molar-refractivity contribution is -0.162. The van der Waals surface area contributed by atoms with E-state index >= 15 is 0 Å². The molecule has 5 heteroatoms. The maximum Gasteiger partial charge on any atom is 0.348 e. The molecule has 1 saturated carbocycles. The van der Waals surface area contributed by atoms with Crippen molar-refractivity contribution in [3.05, 3.63) is 65.7 Å². The summed E-state index contributed by atoms with van der Waals surface area (Å²) in [5.41, 5.74) is 1.75. The van der Waals surface area contributed by atoms with E-state index in [1.54, 1.807) is 31.2 Å². The number of esters is 1. The molecular weight excluding hydrogens is 330 g/mol. The Balaban J connectivity index is 1.67. The lowest BCUT2D eigenvalue weighted by Gasteiger charge is -2.21. The summed E-state index contributed by atoms with van der Waals surface area (Å²) in [4.78, 5) is 25.0. The van der Waals surface area contributed by atoms with E-state index in [4.69, 9.17) is 9.47 Å². The van der Waals surface area contributed by atoms with Crippen LogP contribution in [0.2, 0.25) is 0 Å². The minimum atomic E-state index is -0.978. The molecule has 1 aliphatic carbocycles. The van der Waals surface area contributed by atoms with Gasteiger partial charge in [0.25, 0.3) is 5.91 Å². The number of amides is 1. The minimum absolute atomic E-state index is 0.189. The van der Waals surface area contributed by atoms with E-state index in [1.165, 1.54) is 0 Å².